The van der Waals surface area contributed by atoms with Gasteiger partial charge in [-0.2, -0.15) is 0 Å². The third kappa shape index (κ3) is 6.38. The van der Waals surface area contributed by atoms with Gasteiger partial charge in [-0.15, -0.1) is 0 Å². The zero-order valence-corrected chi connectivity index (χ0v) is 15.0. The minimum Gasteiger partial charge on any atom is -0.0955 e. The summed E-state index contributed by atoms with van der Waals surface area (Å²) >= 11 is 3.54. The Morgan fingerprint density at radius 1 is 1.25 bits per heavy atom. The van der Waals surface area contributed by atoms with E-state index >= 15 is 0 Å². The highest BCUT2D eigenvalue weighted by atomic mass is 79.9. The van der Waals surface area contributed by atoms with Crippen LogP contribution in [-0.2, 0) is 6.42 Å². The molecule has 0 N–H and O–H groups in total. The fourth-order valence-electron chi connectivity index (χ4n) is 1.76. The summed E-state index contributed by atoms with van der Waals surface area (Å²) in [6.07, 6.45) is 8.50. The number of halogens is 1. The second kappa shape index (κ2) is 10.7. The van der Waals surface area contributed by atoms with E-state index in [1.807, 2.05) is 13.0 Å². The number of rotatable bonds is 4. The third-order valence-corrected chi connectivity index (χ3v) is 3.15. The van der Waals surface area contributed by atoms with Crippen LogP contribution in [0.2, 0.25) is 0 Å². The molecule has 0 unspecified atom stereocenters. The van der Waals surface area contributed by atoms with Crippen LogP contribution in [0, 0.1) is 0 Å². The van der Waals surface area contributed by atoms with Crippen molar-refractivity contribution in [1.82, 2.24) is 0 Å². The van der Waals surface area contributed by atoms with Gasteiger partial charge in [-0.25, -0.2) is 0 Å². The molecule has 0 heterocycles. The van der Waals surface area contributed by atoms with Crippen LogP contribution in [0.1, 0.15) is 52.2 Å². The van der Waals surface area contributed by atoms with Gasteiger partial charge < -0.3 is 0 Å². The molecule has 0 radical (unpaired) electrons. The maximum Gasteiger partial charge on any atom is 0.0181 e. The lowest BCUT2D eigenvalue weighted by atomic mass is 9.94. The summed E-state index contributed by atoms with van der Waals surface area (Å²) in [5.74, 6) is 0. The van der Waals surface area contributed by atoms with Gasteiger partial charge >= 0.3 is 0 Å². The van der Waals surface area contributed by atoms with Crippen LogP contribution in [-0.4, -0.2) is 0 Å². The first-order chi connectivity index (χ1) is 9.51. The van der Waals surface area contributed by atoms with Gasteiger partial charge in [-0.1, -0.05) is 79.6 Å². The van der Waals surface area contributed by atoms with Crippen LogP contribution >= 0.6 is 15.9 Å². The van der Waals surface area contributed by atoms with Crippen molar-refractivity contribution in [2.45, 2.75) is 47.5 Å². The van der Waals surface area contributed by atoms with Crippen LogP contribution in [0.25, 0.3) is 5.57 Å². The molecule has 0 spiro atoms. The lowest BCUT2D eigenvalue weighted by Crippen LogP contribution is -1.93. The predicted octanol–water partition coefficient (Wildman–Crippen LogP) is 6.96. The van der Waals surface area contributed by atoms with Crippen molar-refractivity contribution in [2.24, 2.45) is 0 Å². The fraction of sp³-hybridized carbons (Fsp3) is 0.368. The summed E-state index contributed by atoms with van der Waals surface area (Å²) in [7, 11) is 0. The van der Waals surface area contributed by atoms with Gasteiger partial charge in [0.25, 0.3) is 0 Å². The highest BCUT2D eigenvalue weighted by Gasteiger charge is 2.07. The van der Waals surface area contributed by atoms with Crippen molar-refractivity contribution < 1.29 is 0 Å². The van der Waals surface area contributed by atoms with Crippen molar-refractivity contribution >= 4 is 21.5 Å². The van der Waals surface area contributed by atoms with Crippen LogP contribution < -0.4 is 0 Å². The van der Waals surface area contributed by atoms with Gasteiger partial charge in [-0.3, -0.25) is 0 Å². The van der Waals surface area contributed by atoms with Gasteiger partial charge in [0.2, 0.25) is 0 Å². The molecular formula is C19H27Br. The highest BCUT2D eigenvalue weighted by molar-refractivity contribution is 9.10. The molecule has 0 aromatic heterocycles. The summed E-state index contributed by atoms with van der Waals surface area (Å²) in [6.45, 7) is 14.6. The Hall–Kier alpha value is -1.08. The van der Waals surface area contributed by atoms with Gasteiger partial charge in [0.15, 0.2) is 0 Å². The molecule has 0 nitrogen and oxygen atoms in total. The van der Waals surface area contributed by atoms with Gasteiger partial charge in [0.05, 0.1) is 0 Å². The normalized spacial score (nSPS) is 11.2. The predicted molar refractivity (Wildman–Crippen MR) is 97.1 cm³/mol. The monoisotopic (exact) mass is 334 g/mol. The van der Waals surface area contributed by atoms with Gasteiger partial charge in [0, 0.05) is 4.47 Å². The number of aryl methyl sites for hydroxylation is 1. The molecular weight excluding hydrogens is 308 g/mol. The molecule has 1 rings (SSSR count). The number of hydrogen-bond donors (Lipinski definition) is 0. The Labute approximate surface area is 133 Å². The highest BCUT2D eigenvalue weighted by Crippen LogP contribution is 2.28. The SMILES string of the molecule is C=C(C)/C(=C\C=C/C)c1cc(Br)ccc1CC.CCC. The number of allylic oxidation sites excluding steroid dienone is 5. The van der Waals surface area contributed by atoms with E-state index in [0.717, 1.165) is 16.5 Å². The van der Waals surface area contributed by atoms with E-state index in [1.54, 1.807) is 0 Å². The van der Waals surface area contributed by atoms with Gasteiger partial charge in [-0.05, 0) is 49.1 Å². The molecule has 0 aliphatic carbocycles. The first-order valence-corrected chi connectivity index (χ1v) is 8.08. The van der Waals surface area contributed by atoms with Crippen LogP contribution in [0.15, 0.2) is 53.1 Å². The van der Waals surface area contributed by atoms with Crippen LogP contribution in [0.4, 0.5) is 0 Å². The summed E-state index contributed by atoms with van der Waals surface area (Å²) in [4.78, 5) is 0. The zero-order valence-electron chi connectivity index (χ0n) is 13.5. The zero-order chi connectivity index (χ0) is 15.5. The molecule has 110 valence electrons. The topological polar surface area (TPSA) is 0 Å². The standard InChI is InChI=1S/C16H19Br.C3H8/c1-5-7-8-15(12(3)4)16-11-14(17)10-9-13(16)6-2;1-3-2/h5,7-11H,3,6H2,1-2,4H3;3H2,1-2H3/b7-5-,15-8+;. The first-order valence-electron chi connectivity index (χ1n) is 7.29. The molecule has 0 saturated carbocycles. The number of benzene rings is 1. The molecule has 0 fully saturated rings. The van der Waals surface area contributed by atoms with Crippen LogP contribution in [0.5, 0.6) is 0 Å². The second-order valence-electron chi connectivity index (χ2n) is 4.75. The molecule has 0 bridgehead atoms. The minimum absolute atomic E-state index is 1.03. The average molecular weight is 335 g/mol. The quantitative estimate of drug-likeness (QED) is 0.522. The molecule has 0 amide bonds. The molecule has 0 aliphatic heterocycles. The summed E-state index contributed by atoms with van der Waals surface area (Å²) in [5, 5.41) is 0. The third-order valence-electron chi connectivity index (χ3n) is 2.66. The molecule has 20 heavy (non-hydrogen) atoms. The fourth-order valence-corrected chi connectivity index (χ4v) is 2.12. The van der Waals surface area contributed by atoms with Crippen molar-refractivity contribution in [3.8, 4) is 0 Å². The average Bonchev–Trinajstić information content (AvgIpc) is 2.40. The van der Waals surface area contributed by atoms with Crippen molar-refractivity contribution in [2.75, 3.05) is 0 Å². The lowest BCUT2D eigenvalue weighted by molar-refractivity contribution is 1.09. The molecule has 1 aromatic carbocycles. The van der Waals surface area contributed by atoms with Crippen molar-refractivity contribution in [1.29, 1.82) is 0 Å². The Bertz CT molecular complexity index is 479. The van der Waals surface area contributed by atoms with E-state index in [1.165, 1.54) is 23.1 Å². The molecule has 0 aliphatic rings. The maximum absolute atomic E-state index is 4.07. The smallest absolute Gasteiger partial charge is 0.0181 e. The maximum atomic E-state index is 4.07. The number of hydrogen-bond acceptors (Lipinski definition) is 0. The molecule has 1 heteroatoms. The minimum atomic E-state index is 1.03. The molecule has 1 aromatic rings. The van der Waals surface area contributed by atoms with E-state index in [4.69, 9.17) is 0 Å². The van der Waals surface area contributed by atoms with E-state index in [-0.39, 0.29) is 0 Å². The lowest BCUT2D eigenvalue weighted by Gasteiger charge is -2.12. The first kappa shape index (κ1) is 18.9. The van der Waals surface area contributed by atoms with Crippen molar-refractivity contribution in [3.05, 3.63) is 64.2 Å². The Balaban J connectivity index is 0.00000110. The van der Waals surface area contributed by atoms with E-state index in [9.17, 15) is 0 Å². The molecule has 0 saturated heterocycles. The van der Waals surface area contributed by atoms with Gasteiger partial charge in [0.1, 0.15) is 0 Å². The second-order valence-corrected chi connectivity index (χ2v) is 5.66. The summed E-state index contributed by atoms with van der Waals surface area (Å²) < 4.78 is 1.11. The summed E-state index contributed by atoms with van der Waals surface area (Å²) in [6, 6.07) is 6.43. The Morgan fingerprint density at radius 3 is 2.30 bits per heavy atom. The van der Waals surface area contributed by atoms with E-state index in [2.05, 4.69) is 80.6 Å². The van der Waals surface area contributed by atoms with E-state index < -0.39 is 0 Å². The Morgan fingerprint density at radius 2 is 1.85 bits per heavy atom. The largest absolute Gasteiger partial charge is 0.0955 e. The van der Waals surface area contributed by atoms with Crippen LogP contribution in [0.3, 0.4) is 0 Å². The Kier molecular flexibility index (Phi) is 10.1. The summed E-state index contributed by atoms with van der Waals surface area (Å²) in [5.41, 5.74) is 4.93. The van der Waals surface area contributed by atoms with Crippen molar-refractivity contribution in [3.63, 3.8) is 0 Å². The molecule has 0 atom stereocenters. The van der Waals surface area contributed by atoms with E-state index in [0.29, 0.717) is 0 Å².